The monoisotopic (exact) mass is 286 g/mol. The number of carbonyl (C=O) groups excluding carboxylic acids is 1. The number of nitrogens with one attached hydrogen (secondary N) is 2. The van der Waals surface area contributed by atoms with Crippen molar-refractivity contribution < 1.29 is 18.0 Å². The number of benzene rings is 1. The van der Waals surface area contributed by atoms with Crippen LogP contribution in [0.4, 0.5) is 13.2 Å². The molecule has 2 rings (SSSR count). The Morgan fingerprint density at radius 2 is 1.90 bits per heavy atom. The number of halogens is 3. The van der Waals surface area contributed by atoms with Crippen LogP contribution in [0.2, 0.25) is 0 Å². The minimum Gasteiger partial charge on any atom is -0.348 e. The highest BCUT2D eigenvalue weighted by Crippen LogP contribution is 2.17. The zero-order chi connectivity index (χ0) is 14.9. The van der Waals surface area contributed by atoms with Crippen molar-refractivity contribution in [1.82, 2.24) is 10.6 Å². The van der Waals surface area contributed by atoms with E-state index >= 15 is 0 Å². The van der Waals surface area contributed by atoms with Crippen molar-refractivity contribution >= 4 is 5.91 Å². The van der Waals surface area contributed by atoms with E-state index in [1.807, 2.05) is 13.8 Å². The third-order valence-electron chi connectivity index (χ3n) is 3.66. The molecule has 20 heavy (non-hydrogen) atoms. The molecule has 0 spiro atoms. The van der Waals surface area contributed by atoms with Gasteiger partial charge in [-0.1, -0.05) is 0 Å². The minimum absolute atomic E-state index is 0.0380. The van der Waals surface area contributed by atoms with Crippen LogP contribution in [0.5, 0.6) is 0 Å². The molecule has 3 atom stereocenters. The number of carbonyl (C=O) groups is 1. The summed E-state index contributed by atoms with van der Waals surface area (Å²) in [5.41, 5.74) is -0.477. The van der Waals surface area contributed by atoms with Crippen LogP contribution in [0.15, 0.2) is 12.1 Å². The lowest BCUT2D eigenvalue weighted by Crippen LogP contribution is -2.54. The fourth-order valence-electron chi connectivity index (χ4n) is 2.47. The molecule has 1 fully saturated rings. The number of hydrogen-bond acceptors (Lipinski definition) is 2. The van der Waals surface area contributed by atoms with Gasteiger partial charge in [0.05, 0.1) is 5.56 Å². The first kappa shape index (κ1) is 14.8. The molecule has 110 valence electrons. The summed E-state index contributed by atoms with van der Waals surface area (Å²) in [6.07, 6.45) is 1.64. The third-order valence-corrected chi connectivity index (χ3v) is 3.66. The summed E-state index contributed by atoms with van der Waals surface area (Å²) in [5.74, 6) is -5.11. The van der Waals surface area contributed by atoms with Crippen molar-refractivity contribution in [2.45, 2.75) is 44.8 Å². The second-order valence-electron chi connectivity index (χ2n) is 5.24. The standard InChI is InChI=1S/C14H17F3N2O/c1-7-3-6-11(8(2)18-7)19-14(20)9-4-5-10(15)13(17)12(9)16/h4-5,7-8,11,18H,3,6H2,1-2H3,(H,19,20). The lowest BCUT2D eigenvalue weighted by molar-refractivity contribution is 0.0909. The highest BCUT2D eigenvalue weighted by Gasteiger charge is 2.27. The fourth-order valence-corrected chi connectivity index (χ4v) is 2.47. The highest BCUT2D eigenvalue weighted by molar-refractivity contribution is 5.94. The SMILES string of the molecule is CC1CCC(NC(=O)c2ccc(F)c(F)c2F)C(C)N1. The molecule has 3 unspecified atom stereocenters. The first-order valence-electron chi connectivity index (χ1n) is 6.60. The maximum Gasteiger partial charge on any atom is 0.254 e. The Balaban J connectivity index is 2.11. The van der Waals surface area contributed by atoms with Gasteiger partial charge in [-0.05, 0) is 38.8 Å². The van der Waals surface area contributed by atoms with Crippen LogP contribution < -0.4 is 10.6 Å². The van der Waals surface area contributed by atoms with Gasteiger partial charge < -0.3 is 10.6 Å². The van der Waals surface area contributed by atoms with Crippen molar-refractivity contribution in [3.05, 3.63) is 35.1 Å². The molecule has 1 aliphatic rings. The van der Waals surface area contributed by atoms with Crippen LogP contribution in [0.25, 0.3) is 0 Å². The minimum atomic E-state index is -1.62. The Morgan fingerprint density at radius 1 is 1.20 bits per heavy atom. The molecule has 1 amide bonds. The number of amides is 1. The molecule has 1 aromatic carbocycles. The van der Waals surface area contributed by atoms with Gasteiger partial charge in [-0.15, -0.1) is 0 Å². The van der Waals surface area contributed by atoms with E-state index in [-0.39, 0.29) is 12.1 Å². The van der Waals surface area contributed by atoms with Gasteiger partial charge in [0.2, 0.25) is 0 Å². The summed E-state index contributed by atoms with van der Waals surface area (Å²) >= 11 is 0. The van der Waals surface area contributed by atoms with Gasteiger partial charge in [0.1, 0.15) is 0 Å². The van der Waals surface area contributed by atoms with Crippen molar-refractivity contribution in [2.75, 3.05) is 0 Å². The van der Waals surface area contributed by atoms with Gasteiger partial charge in [0.25, 0.3) is 5.91 Å². The number of piperidine rings is 1. The van der Waals surface area contributed by atoms with Crippen molar-refractivity contribution in [3.8, 4) is 0 Å². The zero-order valence-corrected chi connectivity index (χ0v) is 11.3. The summed E-state index contributed by atoms with van der Waals surface area (Å²) < 4.78 is 39.5. The molecule has 2 N–H and O–H groups in total. The number of hydrogen-bond donors (Lipinski definition) is 2. The van der Waals surface area contributed by atoms with Crippen LogP contribution in [-0.4, -0.2) is 24.0 Å². The average molecular weight is 286 g/mol. The quantitative estimate of drug-likeness (QED) is 0.820. The molecular formula is C14H17F3N2O. The Kier molecular flexibility index (Phi) is 4.32. The van der Waals surface area contributed by atoms with Gasteiger partial charge in [-0.25, -0.2) is 13.2 Å². The predicted octanol–water partition coefficient (Wildman–Crippen LogP) is 2.36. The summed E-state index contributed by atoms with van der Waals surface area (Å²) in [6, 6.07) is 1.94. The highest BCUT2D eigenvalue weighted by atomic mass is 19.2. The summed E-state index contributed by atoms with van der Waals surface area (Å²) in [7, 11) is 0. The average Bonchev–Trinajstić information content (AvgIpc) is 2.39. The van der Waals surface area contributed by atoms with Gasteiger partial charge in [0.15, 0.2) is 17.5 Å². The van der Waals surface area contributed by atoms with Crippen molar-refractivity contribution in [3.63, 3.8) is 0 Å². The van der Waals surface area contributed by atoms with Crippen molar-refractivity contribution in [1.29, 1.82) is 0 Å². The Hall–Kier alpha value is -1.56. The van der Waals surface area contributed by atoms with E-state index in [0.29, 0.717) is 6.04 Å². The maximum absolute atomic E-state index is 13.5. The molecule has 0 bridgehead atoms. The Bertz CT molecular complexity index is 521. The summed E-state index contributed by atoms with van der Waals surface area (Å²) in [5, 5.41) is 5.94. The molecule has 0 radical (unpaired) electrons. The van der Waals surface area contributed by atoms with Crippen LogP contribution in [0, 0.1) is 17.5 Å². The van der Waals surface area contributed by atoms with Crippen molar-refractivity contribution in [2.24, 2.45) is 0 Å². The van der Waals surface area contributed by atoms with Gasteiger partial charge in [-0.3, -0.25) is 4.79 Å². The Labute approximate surface area is 115 Å². The topological polar surface area (TPSA) is 41.1 Å². The second kappa shape index (κ2) is 5.83. The molecule has 1 aromatic rings. The molecule has 1 aliphatic heterocycles. The van der Waals surface area contributed by atoms with E-state index in [1.165, 1.54) is 0 Å². The lowest BCUT2D eigenvalue weighted by atomic mass is 9.95. The normalized spacial score (nSPS) is 26.4. The molecule has 6 heteroatoms. The van der Waals surface area contributed by atoms with E-state index < -0.39 is 28.9 Å². The fraction of sp³-hybridized carbons (Fsp3) is 0.500. The third kappa shape index (κ3) is 2.95. The zero-order valence-electron chi connectivity index (χ0n) is 11.3. The molecule has 0 aliphatic carbocycles. The summed E-state index contributed by atoms with van der Waals surface area (Å²) in [4.78, 5) is 12.0. The molecule has 0 aromatic heterocycles. The van der Waals surface area contributed by atoms with Crippen LogP contribution in [0.3, 0.4) is 0 Å². The maximum atomic E-state index is 13.5. The Morgan fingerprint density at radius 3 is 2.55 bits per heavy atom. The van der Waals surface area contributed by atoms with Crippen LogP contribution >= 0.6 is 0 Å². The van der Waals surface area contributed by atoms with E-state index in [0.717, 1.165) is 25.0 Å². The first-order chi connectivity index (χ1) is 9.40. The second-order valence-corrected chi connectivity index (χ2v) is 5.24. The smallest absolute Gasteiger partial charge is 0.254 e. The molecule has 0 saturated carbocycles. The molecular weight excluding hydrogens is 269 g/mol. The molecule has 1 saturated heterocycles. The van der Waals surface area contributed by atoms with Crippen LogP contribution in [-0.2, 0) is 0 Å². The largest absolute Gasteiger partial charge is 0.348 e. The lowest BCUT2D eigenvalue weighted by Gasteiger charge is -2.34. The molecule has 1 heterocycles. The summed E-state index contributed by atoms with van der Waals surface area (Å²) in [6.45, 7) is 3.96. The predicted molar refractivity (Wildman–Crippen MR) is 68.9 cm³/mol. The van der Waals surface area contributed by atoms with Gasteiger partial charge >= 0.3 is 0 Å². The van der Waals surface area contributed by atoms with Gasteiger partial charge in [0, 0.05) is 18.1 Å². The van der Waals surface area contributed by atoms with Gasteiger partial charge in [-0.2, -0.15) is 0 Å². The van der Waals surface area contributed by atoms with E-state index in [1.54, 1.807) is 0 Å². The molecule has 3 nitrogen and oxygen atoms in total. The van der Waals surface area contributed by atoms with E-state index in [4.69, 9.17) is 0 Å². The number of rotatable bonds is 2. The first-order valence-corrected chi connectivity index (χ1v) is 6.60. The van der Waals surface area contributed by atoms with E-state index in [9.17, 15) is 18.0 Å². The van der Waals surface area contributed by atoms with Crippen LogP contribution in [0.1, 0.15) is 37.0 Å². The van der Waals surface area contributed by atoms with E-state index in [2.05, 4.69) is 10.6 Å².